The minimum absolute atomic E-state index is 0.127. The molecule has 8 heteroatoms. The summed E-state index contributed by atoms with van der Waals surface area (Å²) in [5.74, 6) is 0.327. The summed E-state index contributed by atoms with van der Waals surface area (Å²) in [6, 6.07) is 5.14. The Bertz CT molecular complexity index is 716. The van der Waals surface area contributed by atoms with E-state index in [0.29, 0.717) is 6.54 Å². The van der Waals surface area contributed by atoms with Gasteiger partial charge in [-0.3, -0.25) is 5.43 Å². The van der Waals surface area contributed by atoms with Gasteiger partial charge in [0.15, 0.2) is 5.82 Å². The lowest BCUT2D eigenvalue weighted by Crippen LogP contribution is -2.29. The number of nitrogens with zero attached hydrogens (tertiary/aromatic N) is 5. The monoisotopic (exact) mass is 269 g/mol. The Hall–Kier alpha value is -3.05. The standard InChI is InChI=1S/C12H11N7O/c1-2-5-16-18-11-15-8-19(12(20)17-11)10-9(7-13)4-3-6-14-10/h2-4,6,8,16H,1,5H2,(H,17,18,20). The second kappa shape index (κ2) is 6.21. The van der Waals surface area contributed by atoms with E-state index in [4.69, 9.17) is 5.26 Å². The molecule has 8 nitrogen and oxygen atoms in total. The Morgan fingerprint density at radius 1 is 1.50 bits per heavy atom. The molecule has 0 radical (unpaired) electrons. The number of anilines is 1. The van der Waals surface area contributed by atoms with Gasteiger partial charge < -0.3 is 0 Å². The van der Waals surface area contributed by atoms with Crippen LogP contribution in [0, 0.1) is 11.3 Å². The third-order valence-corrected chi connectivity index (χ3v) is 2.29. The van der Waals surface area contributed by atoms with Crippen molar-refractivity contribution in [2.24, 2.45) is 0 Å². The summed E-state index contributed by atoms with van der Waals surface area (Å²) in [5.41, 5.74) is 5.08. The van der Waals surface area contributed by atoms with E-state index in [2.05, 4.69) is 32.4 Å². The first-order chi connectivity index (χ1) is 9.76. The van der Waals surface area contributed by atoms with Crippen LogP contribution in [0.4, 0.5) is 5.95 Å². The molecule has 0 atom stereocenters. The zero-order chi connectivity index (χ0) is 14.4. The predicted molar refractivity (Wildman–Crippen MR) is 72.0 cm³/mol. The third kappa shape index (κ3) is 2.85. The molecule has 0 unspecified atom stereocenters. The number of pyridine rings is 1. The summed E-state index contributed by atoms with van der Waals surface area (Å²) >= 11 is 0. The fourth-order valence-corrected chi connectivity index (χ4v) is 1.42. The molecule has 2 N–H and O–H groups in total. The van der Waals surface area contributed by atoms with E-state index in [9.17, 15) is 4.79 Å². The Morgan fingerprint density at radius 2 is 2.35 bits per heavy atom. The number of hydrazine groups is 1. The zero-order valence-electron chi connectivity index (χ0n) is 10.4. The second-order valence-electron chi connectivity index (χ2n) is 3.61. The van der Waals surface area contributed by atoms with Gasteiger partial charge in [0.1, 0.15) is 12.4 Å². The van der Waals surface area contributed by atoms with E-state index in [-0.39, 0.29) is 17.3 Å². The highest BCUT2D eigenvalue weighted by Gasteiger charge is 2.09. The summed E-state index contributed by atoms with van der Waals surface area (Å²) in [4.78, 5) is 23.6. The lowest BCUT2D eigenvalue weighted by molar-refractivity contribution is 0.802. The summed E-state index contributed by atoms with van der Waals surface area (Å²) < 4.78 is 1.11. The van der Waals surface area contributed by atoms with Gasteiger partial charge in [-0.2, -0.15) is 10.2 Å². The van der Waals surface area contributed by atoms with Crippen molar-refractivity contribution in [1.82, 2.24) is 24.9 Å². The van der Waals surface area contributed by atoms with Crippen molar-refractivity contribution in [3.63, 3.8) is 0 Å². The molecular formula is C12H11N7O. The molecule has 100 valence electrons. The van der Waals surface area contributed by atoms with Crippen molar-refractivity contribution in [2.45, 2.75) is 0 Å². The van der Waals surface area contributed by atoms with Crippen LogP contribution in [0.15, 0.2) is 42.1 Å². The molecule has 0 saturated heterocycles. The van der Waals surface area contributed by atoms with Gasteiger partial charge in [0.25, 0.3) is 0 Å². The molecule has 0 spiro atoms. The minimum Gasteiger partial charge on any atom is -0.289 e. The second-order valence-corrected chi connectivity index (χ2v) is 3.61. The van der Waals surface area contributed by atoms with Crippen LogP contribution >= 0.6 is 0 Å². The molecule has 2 heterocycles. The lowest BCUT2D eigenvalue weighted by atomic mass is 10.3. The molecule has 2 rings (SSSR count). The highest BCUT2D eigenvalue weighted by Crippen LogP contribution is 2.06. The van der Waals surface area contributed by atoms with E-state index >= 15 is 0 Å². The van der Waals surface area contributed by atoms with Gasteiger partial charge >= 0.3 is 5.69 Å². The molecule has 0 aliphatic carbocycles. The predicted octanol–water partition coefficient (Wildman–Crippen LogP) is -0.00332. The van der Waals surface area contributed by atoms with E-state index in [0.717, 1.165) is 4.57 Å². The largest absolute Gasteiger partial charge is 0.357 e. The van der Waals surface area contributed by atoms with Crippen molar-refractivity contribution < 1.29 is 0 Å². The first kappa shape index (κ1) is 13.4. The Morgan fingerprint density at radius 3 is 3.05 bits per heavy atom. The average molecular weight is 269 g/mol. The highest BCUT2D eigenvalue weighted by molar-refractivity contribution is 5.42. The molecule has 0 aromatic carbocycles. The molecule has 2 aromatic heterocycles. The summed E-state index contributed by atoms with van der Waals surface area (Å²) in [7, 11) is 0. The number of rotatable bonds is 5. The van der Waals surface area contributed by atoms with Crippen LogP contribution in [-0.2, 0) is 0 Å². The molecule has 0 amide bonds. The van der Waals surface area contributed by atoms with Gasteiger partial charge in [0.05, 0.1) is 5.56 Å². The maximum atomic E-state index is 11.9. The van der Waals surface area contributed by atoms with Crippen LogP contribution in [-0.4, -0.2) is 26.1 Å². The summed E-state index contributed by atoms with van der Waals surface area (Å²) in [6.45, 7) is 4.03. The van der Waals surface area contributed by atoms with E-state index in [1.54, 1.807) is 18.2 Å². The molecule has 20 heavy (non-hydrogen) atoms. The fourth-order valence-electron chi connectivity index (χ4n) is 1.42. The Kier molecular flexibility index (Phi) is 4.16. The van der Waals surface area contributed by atoms with Crippen LogP contribution in [0.5, 0.6) is 0 Å². The SMILES string of the molecule is C=CCNNc1ncn(-c2ncccc2C#N)c(=O)n1. The van der Waals surface area contributed by atoms with Gasteiger partial charge in [-0.05, 0) is 12.1 Å². The van der Waals surface area contributed by atoms with Crippen molar-refractivity contribution >= 4 is 5.95 Å². The van der Waals surface area contributed by atoms with Crippen molar-refractivity contribution in [3.05, 3.63) is 53.4 Å². The topological polar surface area (TPSA) is 109 Å². The summed E-state index contributed by atoms with van der Waals surface area (Å²) in [5, 5.41) is 8.99. The average Bonchev–Trinajstić information content (AvgIpc) is 2.48. The highest BCUT2D eigenvalue weighted by atomic mass is 16.1. The third-order valence-electron chi connectivity index (χ3n) is 2.29. The van der Waals surface area contributed by atoms with E-state index in [1.165, 1.54) is 12.5 Å². The number of nitriles is 1. The fraction of sp³-hybridized carbons (Fsp3) is 0.0833. The summed E-state index contributed by atoms with van der Waals surface area (Å²) in [6.07, 6.45) is 4.39. The van der Waals surface area contributed by atoms with Crippen molar-refractivity contribution in [2.75, 3.05) is 12.0 Å². The van der Waals surface area contributed by atoms with Gasteiger partial charge in [0, 0.05) is 12.7 Å². The lowest BCUT2D eigenvalue weighted by Gasteiger charge is -2.07. The molecule has 0 aliphatic heterocycles. The van der Waals surface area contributed by atoms with Gasteiger partial charge in [-0.25, -0.2) is 24.8 Å². The first-order valence-electron chi connectivity index (χ1n) is 5.67. The Balaban J connectivity index is 2.33. The molecule has 0 saturated carbocycles. The van der Waals surface area contributed by atoms with Gasteiger partial charge in [-0.1, -0.05) is 6.08 Å². The minimum atomic E-state index is -0.585. The molecule has 0 bridgehead atoms. The van der Waals surface area contributed by atoms with Gasteiger partial charge in [-0.15, -0.1) is 6.58 Å². The number of hydrogen-bond donors (Lipinski definition) is 2. The van der Waals surface area contributed by atoms with Crippen LogP contribution in [0.25, 0.3) is 5.82 Å². The van der Waals surface area contributed by atoms with E-state index in [1.807, 2.05) is 6.07 Å². The number of hydrogen-bond acceptors (Lipinski definition) is 7. The molecule has 2 aromatic rings. The number of nitrogens with one attached hydrogen (secondary N) is 2. The maximum absolute atomic E-state index is 11.9. The van der Waals surface area contributed by atoms with Gasteiger partial charge in [0.2, 0.25) is 5.95 Å². The molecule has 0 fully saturated rings. The zero-order valence-corrected chi connectivity index (χ0v) is 10.4. The normalized spacial score (nSPS) is 9.75. The van der Waals surface area contributed by atoms with Crippen molar-refractivity contribution in [3.8, 4) is 11.9 Å². The van der Waals surface area contributed by atoms with Crippen LogP contribution < -0.4 is 16.5 Å². The number of aromatic nitrogens is 4. The smallest absolute Gasteiger partial charge is 0.289 e. The first-order valence-corrected chi connectivity index (χ1v) is 5.67. The quantitative estimate of drug-likeness (QED) is 0.446. The van der Waals surface area contributed by atoms with Crippen molar-refractivity contribution in [1.29, 1.82) is 5.26 Å². The molecule has 0 aliphatic rings. The van der Waals surface area contributed by atoms with E-state index < -0.39 is 5.69 Å². The molecular weight excluding hydrogens is 258 g/mol. The maximum Gasteiger partial charge on any atom is 0.357 e. The van der Waals surface area contributed by atoms with Crippen LogP contribution in [0.3, 0.4) is 0 Å². The van der Waals surface area contributed by atoms with Crippen LogP contribution in [0.2, 0.25) is 0 Å². The Labute approximate surface area is 114 Å². The van der Waals surface area contributed by atoms with Crippen LogP contribution in [0.1, 0.15) is 5.56 Å².